The topological polar surface area (TPSA) is 20.3 Å². The minimum Gasteiger partial charge on any atom is -0.296 e. The van der Waals surface area contributed by atoms with Crippen molar-refractivity contribution in [1.82, 2.24) is 4.90 Å². The maximum atomic E-state index is 12.1. The van der Waals surface area contributed by atoms with Crippen molar-refractivity contribution in [3.05, 3.63) is 34.9 Å². The molecular formula is C14H18ClNO. The highest BCUT2D eigenvalue weighted by Gasteiger charge is 2.14. The Hall–Kier alpha value is -0.860. The van der Waals surface area contributed by atoms with Crippen molar-refractivity contribution in [2.45, 2.75) is 25.7 Å². The normalized spacial score (nSPS) is 17.7. The molecule has 1 fully saturated rings. The molecule has 1 aliphatic rings. The SMILES string of the molecule is O=C(CN1CCCCCC1)c1ccc(Cl)cc1. The largest absolute Gasteiger partial charge is 0.296 e. The number of carbonyl (C=O) groups excluding carboxylic acids is 1. The van der Waals surface area contributed by atoms with Crippen molar-refractivity contribution in [3.8, 4) is 0 Å². The third-order valence-corrected chi connectivity index (χ3v) is 3.48. The summed E-state index contributed by atoms with van der Waals surface area (Å²) < 4.78 is 0. The van der Waals surface area contributed by atoms with E-state index < -0.39 is 0 Å². The number of nitrogens with zero attached hydrogens (tertiary/aromatic N) is 1. The molecule has 0 radical (unpaired) electrons. The first-order valence-corrected chi connectivity index (χ1v) is 6.64. The Morgan fingerprint density at radius 2 is 1.65 bits per heavy atom. The molecule has 0 spiro atoms. The molecule has 92 valence electrons. The highest BCUT2D eigenvalue weighted by molar-refractivity contribution is 6.30. The van der Waals surface area contributed by atoms with E-state index in [-0.39, 0.29) is 5.78 Å². The Bertz CT molecular complexity index is 366. The lowest BCUT2D eigenvalue weighted by Crippen LogP contribution is -2.30. The van der Waals surface area contributed by atoms with Crippen LogP contribution < -0.4 is 0 Å². The van der Waals surface area contributed by atoms with E-state index in [2.05, 4.69) is 4.90 Å². The summed E-state index contributed by atoms with van der Waals surface area (Å²) >= 11 is 5.81. The van der Waals surface area contributed by atoms with E-state index in [1.165, 1.54) is 25.7 Å². The van der Waals surface area contributed by atoms with Gasteiger partial charge < -0.3 is 0 Å². The third kappa shape index (κ3) is 3.83. The monoisotopic (exact) mass is 251 g/mol. The maximum Gasteiger partial charge on any atom is 0.176 e. The first kappa shape index (κ1) is 12.6. The molecule has 0 aromatic heterocycles. The first-order valence-electron chi connectivity index (χ1n) is 6.27. The van der Waals surface area contributed by atoms with E-state index in [0.29, 0.717) is 11.6 Å². The van der Waals surface area contributed by atoms with Crippen LogP contribution >= 0.6 is 11.6 Å². The van der Waals surface area contributed by atoms with Crippen LogP contribution in [0.5, 0.6) is 0 Å². The molecule has 1 aromatic carbocycles. The smallest absolute Gasteiger partial charge is 0.176 e. The average Bonchev–Trinajstić information content (AvgIpc) is 2.58. The minimum absolute atomic E-state index is 0.198. The van der Waals surface area contributed by atoms with Crippen molar-refractivity contribution >= 4 is 17.4 Å². The molecule has 3 heteroatoms. The van der Waals surface area contributed by atoms with E-state index in [1.54, 1.807) is 12.1 Å². The fourth-order valence-corrected chi connectivity index (χ4v) is 2.35. The number of rotatable bonds is 3. The number of likely N-dealkylation sites (tertiary alicyclic amines) is 1. The van der Waals surface area contributed by atoms with Gasteiger partial charge in [-0.05, 0) is 50.2 Å². The zero-order valence-electron chi connectivity index (χ0n) is 9.99. The summed E-state index contributed by atoms with van der Waals surface area (Å²) in [6.45, 7) is 2.65. The summed E-state index contributed by atoms with van der Waals surface area (Å²) in [5, 5.41) is 0.677. The Morgan fingerprint density at radius 1 is 1.06 bits per heavy atom. The van der Waals surface area contributed by atoms with Gasteiger partial charge in [0.05, 0.1) is 6.54 Å². The number of hydrogen-bond donors (Lipinski definition) is 0. The van der Waals surface area contributed by atoms with Gasteiger partial charge in [-0.2, -0.15) is 0 Å². The fraction of sp³-hybridized carbons (Fsp3) is 0.500. The first-order chi connectivity index (χ1) is 8.25. The summed E-state index contributed by atoms with van der Waals surface area (Å²) in [7, 11) is 0. The van der Waals surface area contributed by atoms with Crippen LogP contribution in [0.2, 0.25) is 5.02 Å². The van der Waals surface area contributed by atoms with E-state index in [0.717, 1.165) is 18.7 Å². The predicted molar refractivity (Wildman–Crippen MR) is 70.7 cm³/mol. The van der Waals surface area contributed by atoms with Gasteiger partial charge in [0.1, 0.15) is 0 Å². The third-order valence-electron chi connectivity index (χ3n) is 3.23. The van der Waals surface area contributed by atoms with E-state index in [9.17, 15) is 4.79 Å². The van der Waals surface area contributed by atoms with Crippen LogP contribution in [0.25, 0.3) is 0 Å². The molecule has 1 saturated heterocycles. The van der Waals surface area contributed by atoms with Crippen molar-refractivity contribution in [1.29, 1.82) is 0 Å². The zero-order chi connectivity index (χ0) is 12.1. The van der Waals surface area contributed by atoms with E-state index >= 15 is 0 Å². The van der Waals surface area contributed by atoms with Gasteiger partial charge in [-0.25, -0.2) is 0 Å². The van der Waals surface area contributed by atoms with E-state index in [1.807, 2.05) is 12.1 Å². The number of ketones is 1. The molecule has 17 heavy (non-hydrogen) atoms. The van der Waals surface area contributed by atoms with Crippen LogP contribution in [0, 0.1) is 0 Å². The number of Topliss-reactive ketones (excluding diaryl/α,β-unsaturated/α-hetero) is 1. The Kier molecular flexibility index (Phi) is 4.57. The molecule has 1 aliphatic heterocycles. The molecular weight excluding hydrogens is 234 g/mol. The number of halogens is 1. The number of carbonyl (C=O) groups is 1. The summed E-state index contributed by atoms with van der Waals surface area (Å²) in [6.07, 6.45) is 5.03. The van der Waals surface area contributed by atoms with Crippen molar-refractivity contribution < 1.29 is 4.79 Å². The molecule has 0 aliphatic carbocycles. The van der Waals surface area contributed by atoms with Crippen LogP contribution in [0.15, 0.2) is 24.3 Å². The summed E-state index contributed by atoms with van der Waals surface area (Å²) in [5.74, 6) is 0.198. The van der Waals surface area contributed by atoms with Gasteiger partial charge in [-0.15, -0.1) is 0 Å². The van der Waals surface area contributed by atoms with Gasteiger partial charge in [0.15, 0.2) is 5.78 Å². The lowest BCUT2D eigenvalue weighted by atomic mass is 10.1. The molecule has 0 saturated carbocycles. The van der Waals surface area contributed by atoms with Gasteiger partial charge in [0, 0.05) is 10.6 Å². The van der Waals surface area contributed by atoms with Gasteiger partial charge in [0.2, 0.25) is 0 Å². The highest BCUT2D eigenvalue weighted by atomic mass is 35.5. The molecule has 0 amide bonds. The highest BCUT2D eigenvalue weighted by Crippen LogP contribution is 2.13. The predicted octanol–water partition coefficient (Wildman–Crippen LogP) is 3.40. The number of benzene rings is 1. The molecule has 0 bridgehead atoms. The molecule has 1 heterocycles. The lowest BCUT2D eigenvalue weighted by Gasteiger charge is -2.18. The average molecular weight is 252 g/mol. The van der Waals surface area contributed by atoms with E-state index in [4.69, 9.17) is 11.6 Å². The van der Waals surface area contributed by atoms with Gasteiger partial charge in [0.25, 0.3) is 0 Å². The molecule has 0 N–H and O–H groups in total. The van der Waals surface area contributed by atoms with Crippen molar-refractivity contribution in [3.63, 3.8) is 0 Å². The van der Waals surface area contributed by atoms with Crippen LogP contribution in [-0.2, 0) is 0 Å². The second-order valence-electron chi connectivity index (χ2n) is 4.62. The molecule has 1 aromatic rings. The Labute approximate surface area is 108 Å². The Balaban J connectivity index is 1.93. The standard InChI is InChI=1S/C14H18ClNO/c15-13-7-5-12(6-8-13)14(17)11-16-9-3-1-2-4-10-16/h5-8H,1-4,9-11H2. The summed E-state index contributed by atoms with van der Waals surface area (Å²) in [5.41, 5.74) is 0.763. The van der Waals surface area contributed by atoms with Crippen LogP contribution in [0.4, 0.5) is 0 Å². The van der Waals surface area contributed by atoms with Crippen LogP contribution in [-0.4, -0.2) is 30.3 Å². The van der Waals surface area contributed by atoms with Gasteiger partial charge in [-0.3, -0.25) is 9.69 Å². The van der Waals surface area contributed by atoms with Crippen molar-refractivity contribution in [2.75, 3.05) is 19.6 Å². The Morgan fingerprint density at radius 3 is 2.24 bits per heavy atom. The molecule has 0 unspecified atom stereocenters. The second-order valence-corrected chi connectivity index (χ2v) is 5.06. The van der Waals surface area contributed by atoms with Crippen LogP contribution in [0.3, 0.4) is 0 Å². The zero-order valence-corrected chi connectivity index (χ0v) is 10.7. The summed E-state index contributed by atoms with van der Waals surface area (Å²) in [6, 6.07) is 7.17. The molecule has 0 atom stereocenters. The van der Waals surface area contributed by atoms with Crippen molar-refractivity contribution in [2.24, 2.45) is 0 Å². The summed E-state index contributed by atoms with van der Waals surface area (Å²) in [4.78, 5) is 14.3. The molecule has 2 rings (SSSR count). The lowest BCUT2D eigenvalue weighted by molar-refractivity contribution is 0.0933. The maximum absolute atomic E-state index is 12.1. The van der Waals surface area contributed by atoms with Gasteiger partial charge in [-0.1, -0.05) is 24.4 Å². The van der Waals surface area contributed by atoms with Gasteiger partial charge >= 0.3 is 0 Å². The quantitative estimate of drug-likeness (QED) is 0.768. The molecule has 2 nitrogen and oxygen atoms in total. The number of hydrogen-bond acceptors (Lipinski definition) is 2. The van der Waals surface area contributed by atoms with Crippen LogP contribution in [0.1, 0.15) is 36.0 Å². The fourth-order valence-electron chi connectivity index (χ4n) is 2.22. The second kappa shape index (κ2) is 6.18. The minimum atomic E-state index is 0.198.